The normalized spacial score (nSPS) is 14.0. The molecule has 0 heterocycles. The second kappa shape index (κ2) is 49.1. The van der Waals surface area contributed by atoms with E-state index in [9.17, 15) is 19.8 Å². The number of allylic oxidation sites excluding steroid dienone is 13. The zero-order chi connectivity index (χ0) is 45.2. The summed E-state index contributed by atoms with van der Waals surface area (Å²) in [6.45, 7) is 6.31. The van der Waals surface area contributed by atoms with Gasteiger partial charge >= 0.3 is 5.97 Å². The van der Waals surface area contributed by atoms with Crippen LogP contribution >= 0.6 is 0 Å². The van der Waals surface area contributed by atoms with Crippen LogP contribution in [0.15, 0.2) is 85.1 Å². The van der Waals surface area contributed by atoms with Crippen LogP contribution in [0.25, 0.3) is 0 Å². The molecule has 0 bridgehead atoms. The lowest BCUT2D eigenvalue weighted by atomic mass is 10.0. The van der Waals surface area contributed by atoms with E-state index in [1.54, 1.807) is 6.08 Å². The molecule has 0 rings (SSSR count). The van der Waals surface area contributed by atoms with E-state index in [0.29, 0.717) is 19.3 Å². The molecule has 356 valence electrons. The fraction of sp³-hybridized carbons (Fsp3) is 0.714. The number of rotatable bonds is 45. The molecule has 3 atom stereocenters. The van der Waals surface area contributed by atoms with Gasteiger partial charge in [-0.15, -0.1) is 0 Å². The minimum absolute atomic E-state index is 0.0520. The first-order valence-corrected chi connectivity index (χ1v) is 25.8. The lowest BCUT2D eigenvalue weighted by Crippen LogP contribution is -2.46. The second-order valence-electron chi connectivity index (χ2n) is 17.2. The number of aliphatic hydroxyl groups excluding tert-OH is 2. The molecule has 0 aromatic rings. The van der Waals surface area contributed by atoms with Crippen LogP contribution in [-0.4, -0.2) is 46.9 Å². The van der Waals surface area contributed by atoms with Crippen molar-refractivity contribution in [3.8, 4) is 0 Å². The summed E-state index contributed by atoms with van der Waals surface area (Å²) >= 11 is 0. The van der Waals surface area contributed by atoms with Gasteiger partial charge in [0.2, 0.25) is 5.91 Å². The first-order chi connectivity index (χ1) is 30.5. The Balaban J connectivity index is 4.79. The maximum atomic E-state index is 13.2. The maximum Gasteiger partial charge on any atom is 0.306 e. The molecule has 0 fully saturated rings. The summed E-state index contributed by atoms with van der Waals surface area (Å²) in [6, 6.07) is -0.746. The highest BCUT2D eigenvalue weighted by atomic mass is 16.5. The Labute approximate surface area is 383 Å². The first-order valence-electron chi connectivity index (χ1n) is 25.8. The van der Waals surface area contributed by atoms with E-state index < -0.39 is 18.2 Å². The van der Waals surface area contributed by atoms with Gasteiger partial charge in [-0.3, -0.25) is 9.59 Å². The Hall–Kier alpha value is -2.96. The van der Waals surface area contributed by atoms with Gasteiger partial charge in [-0.1, -0.05) is 222 Å². The number of amides is 1. The molecule has 6 nitrogen and oxygen atoms in total. The Morgan fingerprint density at radius 3 is 1.37 bits per heavy atom. The Morgan fingerprint density at radius 2 is 0.903 bits per heavy atom. The molecule has 0 aliphatic rings. The summed E-state index contributed by atoms with van der Waals surface area (Å²) in [5.74, 6) is -0.638. The molecule has 62 heavy (non-hydrogen) atoms. The predicted octanol–water partition coefficient (Wildman–Crippen LogP) is 15.6. The lowest BCUT2D eigenvalue weighted by molar-refractivity contribution is -0.148. The smallest absolute Gasteiger partial charge is 0.306 e. The van der Waals surface area contributed by atoms with Crippen molar-refractivity contribution in [1.82, 2.24) is 5.32 Å². The number of unbranched alkanes of at least 4 members (excludes halogenated alkanes) is 21. The van der Waals surface area contributed by atoms with Crippen molar-refractivity contribution >= 4 is 11.9 Å². The number of hydrogen-bond donors (Lipinski definition) is 3. The minimum Gasteiger partial charge on any atom is -0.458 e. The SMILES string of the molecule is CC/C=C\C/C=C\C/C=C\C/C=C\C/C=C\C/C=C\C(CC(=O)NC(CO)C(O)CCCCCCCCCCCCC)OC(=O)CCCCCCCCC/C=C\CCCCCC. The van der Waals surface area contributed by atoms with E-state index in [2.05, 4.69) is 99.0 Å². The van der Waals surface area contributed by atoms with Crippen LogP contribution in [0, 0.1) is 0 Å². The van der Waals surface area contributed by atoms with Crippen LogP contribution in [0.3, 0.4) is 0 Å². The number of nitrogens with one attached hydrogen (secondary N) is 1. The fourth-order valence-electron chi connectivity index (χ4n) is 7.30. The van der Waals surface area contributed by atoms with Crippen molar-refractivity contribution in [3.63, 3.8) is 0 Å². The van der Waals surface area contributed by atoms with Crippen LogP contribution in [0.1, 0.15) is 233 Å². The quantitative estimate of drug-likeness (QED) is 0.0322. The summed E-state index contributed by atoms with van der Waals surface area (Å²) in [6.07, 6.45) is 63.8. The molecule has 6 heteroatoms. The standard InChI is InChI=1S/C56H97NO5/c1-4-7-10-13-16-19-22-24-26-27-29-30-33-35-38-41-44-47-52(62-56(61)49-46-43-40-37-34-31-28-25-23-20-17-14-11-8-5-2)50-55(60)57-53(51-58)54(59)48-45-42-39-36-32-21-18-15-12-9-6-3/h7,10,16,19-20,23-24,26,29-30,35,38,44,47,52-54,58-59H,4-6,8-9,11-15,17-18,21-22,25,27-28,31-34,36-37,39-43,45-46,48-51H2,1-3H3,(H,57,60)/b10-7-,19-16-,23-20-,26-24-,30-29-,38-35-,47-44-. The molecule has 0 aromatic carbocycles. The van der Waals surface area contributed by atoms with Crippen LogP contribution in [0.4, 0.5) is 0 Å². The number of hydrogen-bond acceptors (Lipinski definition) is 5. The minimum atomic E-state index is -0.823. The van der Waals surface area contributed by atoms with Crippen LogP contribution < -0.4 is 5.32 Å². The monoisotopic (exact) mass is 864 g/mol. The third-order valence-electron chi connectivity index (χ3n) is 11.2. The van der Waals surface area contributed by atoms with Crippen molar-refractivity contribution in [2.75, 3.05) is 6.61 Å². The Kier molecular flexibility index (Phi) is 46.7. The van der Waals surface area contributed by atoms with Gasteiger partial charge < -0.3 is 20.3 Å². The maximum absolute atomic E-state index is 13.2. The summed E-state index contributed by atoms with van der Waals surface area (Å²) in [4.78, 5) is 26.1. The Morgan fingerprint density at radius 1 is 0.500 bits per heavy atom. The average molecular weight is 864 g/mol. The van der Waals surface area contributed by atoms with E-state index in [-0.39, 0.29) is 24.9 Å². The van der Waals surface area contributed by atoms with Crippen LogP contribution in [-0.2, 0) is 14.3 Å². The van der Waals surface area contributed by atoms with Crippen molar-refractivity contribution in [2.45, 2.75) is 251 Å². The molecule has 1 amide bonds. The number of ether oxygens (including phenoxy) is 1. The van der Waals surface area contributed by atoms with Crippen molar-refractivity contribution in [1.29, 1.82) is 0 Å². The van der Waals surface area contributed by atoms with Crippen molar-refractivity contribution in [3.05, 3.63) is 85.1 Å². The zero-order valence-electron chi connectivity index (χ0n) is 40.5. The fourth-order valence-corrected chi connectivity index (χ4v) is 7.30. The van der Waals surface area contributed by atoms with Gasteiger partial charge in [-0.2, -0.15) is 0 Å². The van der Waals surface area contributed by atoms with Crippen LogP contribution in [0.5, 0.6) is 0 Å². The van der Waals surface area contributed by atoms with Gasteiger partial charge in [0, 0.05) is 6.42 Å². The topological polar surface area (TPSA) is 95.9 Å². The van der Waals surface area contributed by atoms with Gasteiger partial charge in [0.15, 0.2) is 0 Å². The molecule has 0 saturated heterocycles. The van der Waals surface area contributed by atoms with Gasteiger partial charge in [-0.25, -0.2) is 0 Å². The molecule has 0 aliphatic carbocycles. The third-order valence-corrected chi connectivity index (χ3v) is 11.2. The molecular weight excluding hydrogens is 767 g/mol. The highest BCUT2D eigenvalue weighted by molar-refractivity contribution is 5.78. The molecule has 0 radical (unpaired) electrons. The summed E-state index contributed by atoms with van der Waals surface area (Å²) < 4.78 is 5.82. The number of aliphatic hydroxyl groups is 2. The van der Waals surface area contributed by atoms with Gasteiger partial charge in [-0.05, 0) is 83.1 Å². The highest BCUT2D eigenvalue weighted by Crippen LogP contribution is 2.15. The molecule has 0 aliphatic heterocycles. The number of carbonyl (C=O) groups is 2. The molecule has 3 N–H and O–H groups in total. The Bertz CT molecular complexity index is 1200. The summed E-state index contributed by atoms with van der Waals surface area (Å²) in [5.41, 5.74) is 0. The molecule has 3 unspecified atom stereocenters. The lowest BCUT2D eigenvalue weighted by Gasteiger charge is -2.23. The largest absolute Gasteiger partial charge is 0.458 e. The molecule has 0 aromatic heterocycles. The second-order valence-corrected chi connectivity index (χ2v) is 17.2. The highest BCUT2D eigenvalue weighted by Gasteiger charge is 2.23. The molecular formula is C56H97NO5. The van der Waals surface area contributed by atoms with Crippen molar-refractivity contribution < 1.29 is 24.5 Å². The van der Waals surface area contributed by atoms with E-state index in [1.807, 2.05) is 6.08 Å². The summed E-state index contributed by atoms with van der Waals surface area (Å²) in [5, 5.41) is 23.7. The predicted molar refractivity (Wildman–Crippen MR) is 268 cm³/mol. The van der Waals surface area contributed by atoms with E-state index in [1.165, 1.54) is 116 Å². The summed E-state index contributed by atoms with van der Waals surface area (Å²) in [7, 11) is 0. The number of esters is 1. The van der Waals surface area contributed by atoms with Gasteiger partial charge in [0.05, 0.1) is 25.2 Å². The van der Waals surface area contributed by atoms with Crippen LogP contribution in [0.2, 0.25) is 0 Å². The average Bonchev–Trinajstić information content (AvgIpc) is 3.26. The van der Waals surface area contributed by atoms with Gasteiger partial charge in [0.1, 0.15) is 6.10 Å². The van der Waals surface area contributed by atoms with E-state index in [0.717, 1.165) is 70.6 Å². The molecule has 0 saturated carbocycles. The van der Waals surface area contributed by atoms with E-state index in [4.69, 9.17) is 4.74 Å². The first kappa shape index (κ1) is 59.0. The zero-order valence-corrected chi connectivity index (χ0v) is 40.5. The third kappa shape index (κ3) is 43.7. The number of carbonyl (C=O) groups excluding carboxylic acids is 2. The van der Waals surface area contributed by atoms with Gasteiger partial charge in [0.25, 0.3) is 0 Å². The molecule has 0 spiro atoms. The van der Waals surface area contributed by atoms with Crippen molar-refractivity contribution in [2.24, 2.45) is 0 Å². The van der Waals surface area contributed by atoms with E-state index >= 15 is 0 Å².